The van der Waals surface area contributed by atoms with Crippen molar-refractivity contribution in [3.63, 3.8) is 0 Å². The van der Waals surface area contributed by atoms with Gasteiger partial charge in [-0.3, -0.25) is 4.79 Å². The molecule has 0 unspecified atom stereocenters. The average molecular weight is 415 g/mol. The maximum atomic E-state index is 12.1. The summed E-state index contributed by atoms with van der Waals surface area (Å²) in [5, 5.41) is 2.86. The molecule has 1 amide bonds. The molecule has 3 rings (SSSR count). The molecular weight excluding hydrogens is 390 g/mol. The number of hydrogen-bond acceptors (Lipinski definition) is 4. The van der Waals surface area contributed by atoms with Crippen LogP contribution in [0.5, 0.6) is 17.2 Å². The second-order valence-electron chi connectivity index (χ2n) is 6.65. The fourth-order valence-corrected chi connectivity index (χ4v) is 2.99. The van der Waals surface area contributed by atoms with Gasteiger partial charge in [-0.25, -0.2) is 0 Å². The van der Waals surface area contributed by atoms with Crippen molar-refractivity contribution in [2.75, 3.05) is 26.6 Å². The lowest BCUT2D eigenvalue weighted by atomic mass is 10.1. The summed E-state index contributed by atoms with van der Waals surface area (Å²) in [7, 11) is 4.76. The van der Waals surface area contributed by atoms with Crippen molar-refractivity contribution in [2.45, 2.75) is 0 Å². The molecule has 0 aliphatic heterocycles. The van der Waals surface area contributed by atoms with Crippen molar-refractivity contribution in [2.24, 2.45) is 0 Å². The van der Waals surface area contributed by atoms with Crippen LogP contribution in [0.15, 0.2) is 72.8 Å². The van der Waals surface area contributed by atoms with Gasteiger partial charge in [0.15, 0.2) is 11.5 Å². The minimum Gasteiger partial charge on any atom is -0.493 e. The zero-order chi connectivity index (χ0) is 22.1. The zero-order valence-corrected chi connectivity index (χ0v) is 17.8. The molecule has 0 aliphatic carbocycles. The van der Waals surface area contributed by atoms with Crippen molar-refractivity contribution < 1.29 is 19.0 Å². The molecule has 0 atom stereocenters. The molecule has 0 spiro atoms. The average Bonchev–Trinajstić information content (AvgIpc) is 2.82. The van der Waals surface area contributed by atoms with Gasteiger partial charge in [-0.15, -0.1) is 0 Å². The Morgan fingerprint density at radius 3 is 1.87 bits per heavy atom. The lowest BCUT2D eigenvalue weighted by Crippen LogP contribution is -2.07. The van der Waals surface area contributed by atoms with Crippen LogP contribution in [0.25, 0.3) is 18.2 Å². The third-order valence-electron chi connectivity index (χ3n) is 4.56. The summed E-state index contributed by atoms with van der Waals surface area (Å²) in [6, 6.07) is 21.1. The molecule has 0 aromatic heterocycles. The van der Waals surface area contributed by atoms with Crippen LogP contribution >= 0.6 is 0 Å². The number of carbonyl (C=O) groups is 1. The molecule has 3 aromatic rings. The Kier molecular flexibility index (Phi) is 7.49. The summed E-state index contributed by atoms with van der Waals surface area (Å²) in [5.74, 6) is 1.58. The van der Waals surface area contributed by atoms with E-state index in [1.807, 2.05) is 78.9 Å². The van der Waals surface area contributed by atoms with Crippen molar-refractivity contribution in [1.29, 1.82) is 0 Å². The van der Waals surface area contributed by atoms with Crippen LogP contribution in [-0.4, -0.2) is 27.2 Å². The standard InChI is InChI=1S/C26H25NO4/c1-29-23-17-21(18-24(30-2)26(23)31-3)10-9-20-11-14-22(15-12-20)27-25(28)16-13-19-7-5-4-6-8-19/h4-18H,1-3H3,(H,27,28). The molecule has 0 saturated heterocycles. The first-order chi connectivity index (χ1) is 15.1. The Bertz CT molecular complexity index is 1050. The minimum absolute atomic E-state index is 0.176. The molecular formula is C26H25NO4. The Morgan fingerprint density at radius 1 is 0.710 bits per heavy atom. The molecule has 5 heteroatoms. The summed E-state index contributed by atoms with van der Waals surface area (Å²) in [6.45, 7) is 0. The Labute approximate surface area is 182 Å². The quantitative estimate of drug-likeness (QED) is 0.388. The van der Waals surface area contributed by atoms with Crippen LogP contribution in [-0.2, 0) is 4.79 Å². The van der Waals surface area contributed by atoms with E-state index in [9.17, 15) is 4.79 Å². The van der Waals surface area contributed by atoms with Gasteiger partial charge in [0.2, 0.25) is 11.7 Å². The molecule has 1 N–H and O–H groups in total. The first-order valence-electron chi connectivity index (χ1n) is 9.75. The predicted octanol–water partition coefficient (Wildman–Crippen LogP) is 5.53. The number of hydrogen-bond donors (Lipinski definition) is 1. The molecule has 31 heavy (non-hydrogen) atoms. The van der Waals surface area contributed by atoms with Gasteiger partial charge in [-0.2, -0.15) is 0 Å². The first-order valence-corrected chi connectivity index (χ1v) is 9.75. The van der Waals surface area contributed by atoms with Gasteiger partial charge in [0.1, 0.15) is 0 Å². The van der Waals surface area contributed by atoms with Gasteiger partial charge in [0, 0.05) is 11.8 Å². The highest BCUT2D eigenvalue weighted by Crippen LogP contribution is 2.38. The van der Waals surface area contributed by atoms with E-state index in [0.29, 0.717) is 17.2 Å². The highest BCUT2D eigenvalue weighted by atomic mass is 16.5. The molecule has 0 fully saturated rings. The van der Waals surface area contributed by atoms with Crippen LogP contribution < -0.4 is 19.5 Å². The molecule has 3 aromatic carbocycles. The van der Waals surface area contributed by atoms with E-state index in [1.54, 1.807) is 27.4 Å². The number of rotatable bonds is 8. The van der Waals surface area contributed by atoms with E-state index in [1.165, 1.54) is 6.08 Å². The molecule has 0 saturated carbocycles. The minimum atomic E-state index is -0.176. The van der Waals surface area contributed by atoms with E-state index in [0.717, 1.165) is 22.4 Å². The van der Waals surface area contributed by atoms with E-state index in [-0.39, 0.29) is 5.91 Å². The van der Waals surface area contributed by atoms with Crippen molar-refractivity contribution in [3.8, 4) is 17.2 Å². The topological polar surface area (TPSA) is 56.8 Å². The summed E-state index contributed by atoms with van der Waals surface area (Å²) < 4.78 is 16.1. The predicted molar refractivity (Wildman–Crippen MR) is 126 cm³/mol. The molecule has 0 radical (unpaired) electrons. The van der Waals surface area contributed by atoms with Gasteiger partial charge in [0.05, 0.1) is 21.3 Å². The lowest BCUT2D eigenvalue weighted by molar-refractivity contribution is -0.111. The van der Waals surface area contributed by atoms with Crippen LogP contribution in [0.1, 0.15) is 16.7 Å². The third-order valence-corrected chi connectivity index (χ3v) is 4.56. The third kappa shape index (κ3) is 6.00. The number of anilines is 1. The number of methoxy groups -OCH3 is 3. The Morgan fingerprint density at radius 2 is 1.29 bits per heavy atom. The molecule has 0 heterocycles. The van der Waals surface area contributed by atoms with Crippen LogP contribution in [0.4, 0.5) is 5.69 Å². The molecule has 0 aliphatic rings. The summed E-state index contributed by atoms with van der Waals surface area (Å²) in [5.41, 5.74) is 3.61. The number of ether oxygens (including phenoxy) is 3. The normalized spacial score (nSPS) is 10.9. The number of carbonyl (C=O) groups excluding carboxylic acids is 1. The Balaban J connectivity index is 1.66. The highest BCUT2D eigenvalue weighted by molar-refractivity contribution is 6.02. The van der Waals surface area contributed by atoms with Gasteiger partial charge in [-0.05, 0) is 47.0 Å². The van der Waals surface area contributed by atoms with Crippen LogP contribution in [0, 0.1) is 0 Å². The summed E-state index contributed by atoms with van der Waals surface area (Å²) in [4.78, 5) is 12.1. The number of nitrogens with one attached hydrogen (secondary N) is 1. The fraction of sp³-hybridized carbons (Fsp3) is 0.115. The van der Waals surface area contributed by atoms with E-state index < -0.39 is 0 Å². The van der Waals surface area contributed by atoms with Crippen LogP contribution in [0.2, 0.25) is 0 Å². The monoisotopic (exact) mass is 415 g/mol. The summed E-state index contributed by atoms with van der Waals surface area (Å²) >= 11 is 0. The zero-order valence-electron chi connectivity index (χ0n) is 17.8. The van der Waals surface area contributed by atoms with Gasteiger partial charge < -0.3 is 19.5 Å². The van der Waals surface area contributed by atoms with Crippen LogP contribution in [0.3, 0.4) is 0 Å². The second kappa shape index (κ2) is 10.7. The maximum Gasteiger partial charge on any atom is 0.248 e. The van der Waals surface area contributed by atoms with Gasteiger partial charge in [-0.1, -0.05) is 54.6 Å². The summed E-state index contributed by atoms with van der Waals surface area (Å²) in [6.07, 6.45) is 7.24. The van der Waals surface area contributed by atoms with Crippen molar-refractivity contribution in [3.05, 3.63) is 89.5 Å². The van der Waals surface area contributed by atoms with E-state index in [2.05, 4.69) is 5.32 Å². The SMILES string of the molecule is COc1cc(C=Cc2ccc(NC(=O)C=Cc3ccccc3)cc2)cc(OC)c1OC. The fourth-order valence-electron chi connectivity index (χ4n) is 2.99. The Hall–Kier alpha value is -3.99. The number of benzene rings is 3. The van der Waals surface area contributed by atoms with Gasteiger partial charge in [0.25, 0.3) is 0 Å². The molecule has 5 nitrogen and oxygen atoms in total. The lowest BCUT2D eigenvalue weighted by Gasteiger charge is -2.12. The second-order valence-corrected chi connectivity index (χ2v) is 6.65. The van der Waals surface area contributed by atoms with Crippen molar-refractivity contribution in [1.82, 2.24) is 0 Å². The molecule has 0 bridgehead atoms. The van der Waals surface area contributed by atoms with E-state index in [4.69, 9.17) is 14.2 Å². The highest BCUT2D eigenvalue weighted by Gasteiger charge is 2.11. The molecule has 158 valence electrons. The number of amides is 1. The van der Waals surface area contributed by atoms with E-state index >= 15 is 0 Å². The first kappa shape index (κ1) is 21.7. The van der Waals surface area contributed by atoms with Gasteiger partial charge >= 0.3 is 0 Å². The maximum absolute atomic E-state index is 12.1. The largest absolute Gasteiger partial charge is 0.493 e. The smallest absolute Gasteiger partial charge is 0.248 e. The van der Waals surface area contributed by atoms with Crippen molar-refractivity contribution >= 4 is 29.8 Å².